The summed E-state index contributed by atoms with van der Waals surface area (Å²) in [7, 11) is 0. The van der Waals surface area contributed by atoms with Crippen LogP contribution in [0.2, 0.25) is 0 Å². The number of nitrogens with zero attached hydrogens (tertiary/aromatic N) is 2. The zero-order chi connectivity index (χ0) is 30.8. The van der Waals surface area contributed by atoms with Gasteiger partial charge in [-0.05, 0) is 46.1 Å². The van der Waals surface area contributed by atoms with Gasteiger partial charge in [0.1, 0.15) is 0 Å². The Kier molecular flexibility index (Phi) is 4.44. The number of benzene rings is 7. The molecule has 6 heteroatoms. The van der Waals surface area contributed by atoms with Crippen LogP contribution in [0.4, 0.5) is 0 Å². The van der Waals surface area contributed by atoms with Crippen molar-refractivity contribution in [1.29, 1.82) is 0 Å². The Hall–Kier alpha value is -5.03. The van der Waals surface area contributed by atoms with Crippen molar-refractivity contribution in [3.05, 3.63) is 133 Å². The maximum Gasteiger partial charge on any atom is 0.249 e. The highest BCUT2D eigenvalue weighted by Crippen LogP contribution is 2.48. The van der Waals surface area contributed by atoms with E-state index < -0.39 is 0 Å². The molecule has 7 aromatic carbocycles. The van der Waals surface area contributed by atoms with E-state index >= 15 is 0 Å². The number of aromatic nitrogens is 2. The van der Waals surface area contributed by atoms with Crippen LogP contribution in [0.1, 0.15) is 0 Å². The Labute approximate surface area is 285 Å². The number of para-hydroxylation sites is 4. The molecule has 0 atom stereocenters. The summed E-state index contributed by atoms with van der Waals surface area (Å²) in [6.45, 7) is 0.306. The van der Waals surface area contributed by atoms with Gasteiger partial charge in [0.15, 0.2) is 0 Å². The number of rotatable bonds is 0. The molecular weight excluding hydrogens is 618 g/mol. The SMILES string of the molecule is c1ccc2c(c1)Sc1c3c4c(c5c1B2c1cccc2c6ccccc6n-5c12)-n1c2ccccc2c2cccc(c21)B4c1ccccc1S3. The van der Waals surface area contributed by atoms with Gasteiger partial charge in [-0.2, -0.15) is 0 Å². The largest absolute Gasteiger partial charge is 0.308 e. The lowest BCUT2D eigenvalue weighted by molar-refractivity contribution is 1.07. The Morgan fingerprint density at radius 2 is 0.771 bits per heavy atom. The maximum atomic E-state index is 2.66. The van der Waals surface area contributed by atoms with Gasteiger partial charge in [0, 0.05) is 52.2 Å². The monoisotopic (exact) mass is 640 g/mol. The second-order valence-corrected chi connectivity index (χ2v) is 15.6. The second kappa shape index (κ2) is 8.51. The number of hydrogen-bond acceptors (Lipinski definition) is 2. The Balaban J connectivity index is 1.35. The van der Waals surface area contributed by atoms with Gasteiger partial charge in [0.25, 0.3) is 0 Å². The second-order valence-electron chi connectivity index (χ2n) is 13.5. The standard InChI is InChI=1S/C42H22B2N2S2/c1-5-19-31-23(11-1)25-13-9-17-29-37(25)45(31)39-35-41(47-33-21-7-3-15-27(33)43(29)35)42-36-40(39)46-32-20-6-2-12-24(32)26-14-10-18-30(38(26)46)44(36)28-16-4-8-22-34(28)48-42/h1-22H. The number of hydrogen-bond donors (Lipinski definition) is 0. The normalized spacial score (nSPS) is 14.4. The third kappa shape index (κ3) is 2.73. The van der Waals surface area contributed by atoms with Crippen LogP contribution in [0.5, 0.6) is 0 Å². The minimum absolute atomic E-state index is 0.153. The van der Waals surface area contributed by atoms with Crippen LogP contribution in [0, 0.1) is 0 Å². The predicted molar refractivity (Wildman–Crippen MR) is 206 cm³/mol. The molecule has 2 nitrogen and oxygen atoms in total. The Morgan fingerprint density at radius 1 is 0.375 bits per heavy atom. The first-order chi connectivity index (χ1) is 23.9. The summed E-state index contributed by atoms with van der Waals surface area (Å²) in [5, 5.41) is 5.32. The fraction of sp³-hybridized carbons (Fsp3) is 0. The van der Waals surface area contributed by atoms with E-state index in [1.54, 1.807) is 0 Å². The first kappa shape index (κ1) is 25.0. The molecule has 4 aliphatic rings. The fourth-order valence-electron chi connectivity index (χ4n) is 9.73. The molecular formula is C42H22B2N2S2. The van der Waals surface area contributed by atoms with E-state index in [1.807, 2.05) is 23.5 Å². The molecule has 0 amide bonds. The highest BCUT2D eigenvalue weighted by molar-refractivity contribution is 8.03. The molecule has 0 fully saturated rings. The van der Waals surface area contributed by atoms with Crippen molar-refractivity contribution >= 4 is 113 Å². The third-order valence-corrected chi connectivity index (χ3v) is 14.0. The zero-order valence-corrected chi connectivity index (χ0v) is 27.2. The molecule has 0 unspecified atom stereocenters. The van der Waals surface area contributed by atoms with Crippen LogP contribution in [0.3, 0.4) is 0 Å². The quantitative estimate of drug-likeness (QED) is 0.176. The average molecular weight is 640 g/mol. The van der Waals surface area contributed by atoms with Gasteiger partial charge in [-0.1, -0.05) is 144 Å². The van der Waals surface area contributed by atoms with E-state index in [0.29, 0.717) is 0 Å². The van der Waals surface area contributed by atoms with Crippen molar-refractivity contribution in [1.82, 2.24) is 9.13 Å². The summed E-state index contributed by atoms with van der Waals surface area (Å²) in [5.41, 5.74) is 16.6. The van der Waals surface area contributed by atoms with Crippen molar-refractivity contribution in [2.45, 2.75) is 19.6 Å². The molecule has 0 spiro atoms. The van der Waals surface area contributed by atoms with Gasteiger partial charge in [0.05, 0.1) is 22.4 Å². The van der Waals surface area contributed by atoms with E-state index in [4.69, 9.17) is 0 Å². The molecule has 2 aromatic heterocycles. The number of fused-ring (bicyclic) bond motifs is 16. The first-order valence-electron chi connectivity index (χ1n) is 16.7. The van der Waals surface area contributed by atoms with Crippen LogP contribution in [-0.2, 0) is 0 Å². The lowest BCUT2D eigenvalue weighted by Crippen LogP contribution is -2.63. The Morgan fingerprint density at radius 3 is 1.27 bits per heavy atom. The topological polar surface area (TPSA) is 9.86 Å². The van der Waals surface area contributed by atoms with Crippen LogP contribution in [0.25, 0.3) is 55.0 Å². The molecule has 0 aliphatic carbocycles. The molecule has 0 saturated carbocycles. The van der Waals surface area contributed by atoms with Gasteiger partial charge in [0.2, 0.25) is 13.4 Å². The van der Waals surface area contributed by atoms with Crippen molar-refractivity contribution < 1.29 is 0 Å². The molecule has 13 rings (SSSR count). The summed E-state index contributed by atoms with van der Waals surface area (Å²) < 4.78 is 5.33. The highest BCUT2D eigenvalue weighted by atomic mass is 32.2. The van der Waals surface area contributed by atoms with Crippen molar-refractivity contribution in [3.8, 4) is 11.4 Å². The molecule has 0 bridgehead atoms. The molecule has 0 N–H and O–H groups in total. The van der Waals surface area contributed by atoms with E-state index in [1.165, 1.54) is 107 Å². The van der Waals surface area contributed by atoms with Crippen LogP contribution in [0.15, 0.2) is 153 Å². The van der Waals surface area contributed by atoms with Crippen LogP contribution >= 0.6 is 23.5 Å². The molecule has 4 aliphatic heterocycles. The Bertz CT molecular complexity index is 2790. The summed E-state index contributed by atoms with van der Waals surface area (Å²) in [4.78, 5) is 5.62. The minimum Gasteiger partial charge on any atom is -0.308 e. The van der Waals surface area contributed by atoms with Crippen LogP contribution in [-0.4, -0.2) is 22.6 Å². The van der Waals surface area contributed by atoms with Crippen molar-refractivity contribution in [3.63, 3.8) is 0 Å². The van der Waals surface area contributed by atoms with E-state index in [2.05, 4.69) is 143 Å². The van der Waals surface area contributed by atoms with E-state index in [0.717, 1.165) is 0 Å². The average Bonchev–Trinajstić information content (AvgIpc) is 3.66. The summed E-state index contributed by atoms with van der Waals surface area (Å²) >= 11 is 3.99. The van der Waals surface area contributed by atoms with Crippen molar-refractivity contribution in [2.75, 3.05) is 0 Å². The smallest absolute Gasteiger partial charge is 0.249 e. The van der Waals surface area contributed by atoms with Gasteiger partial charge in [-0.25, -0.2) is 0 Å². The summed E-state index contributed by atoms with van der Waals surface area (Å²) in [5.74, 6) is 0. The minimum atomic E-state index is 0.153. The summed E-state index contributed by atoms with van der Waals surface area (Å²) in [6.07, 6.45) is 0. The van der Waals surface area contributed by atoms with Crippen LogP contribution < -0.4 is 32.8 Å². The van der Waals surface area contributed by atoms with Crippen molar-refractivity contribution in [2.24, 2.45) is 0 Å². The van der Waals surface area contributed by atoms with E-state index in [-0.39, 0.29) is 13.4 Å². The fourth-order valence-corrected chi connectivity index (χ4v) is 12.4. The zero-order valence-electron chi connectivity index (χ0n) is 25.6. The van der Waals surface area contributed by atoms with Gasteiger partial charge >= 0.3 is 0 Å². The lowest BCUT2D eigenvalue weighted by Gasteiger charge is -2.41. The molecule has 6 heterocycles. The highest BCUT2D eigenvalue weighted by Gasteiger charge is 2.48. The summed E-state index contributed by atoms with van der Waals surface area (Å²) in [6, 6.07) is 50.5. The van der Waals surface area contributed by atoms with Gasteiger partial charge in [-0.3, -0.25) is 0 Å². The molecule has 0 saturated heterocycles. The molecule has 0 radical (unpaired) electrons. The van der Waals surface area contributed by atoms with Gasteiger partial charge < -0.3 is 9.13 Å². The molecule has 9 aromatic rings. The van der Waals surface area contributed by atoms with Gasteiger partial charge in [-0.15, -0.1) is 0 Å². The first-order valence-corrected chi connectivity index (χ1v) is 18.3. The lowest BCUT2D eigenvalue weighted by atomic mass is 9.32. The predicted octanol–water partition coefficient (Wildman–Crippen LogP) is 6.47. The van der Waals surface area contributed by atoms with E-state index in [9.17, 15) is 0 Å². The maximum absolute atomic E-state index is 2.66. The third-order valence-electron chi connectivity index (χ3n) is 11.4. The molecule has 218 valence electrons. The molecule has 48 heavy (non-hydrogen) atoms.